The zero-order valence-corrected chi connectivity index (χ0v) is 18.8. The Kier molecular flexibility index (Phi) is 7.20. The van der Waals surface area contributed by atoms with Crippen LogP contribution in [0.5, 0.6) is 11.5 Å². The molecule has 0 spiro atoms. The van der Waals surface area contributed by atoms with Crippen molar-refractivity contribution in [1.29, 1.82) is 0 Å². The van der Waals surface area contributed by atoms with Gasteiger partial charge in [0.2, 0.25) is 10.0 Å². The molecule has 0 fully saturated rings. The average molecular weight is 442 g/mol. The molecule has 3 aromatic rings. The van der Waals surface area contributed by atoms with E-state index in [9.17, 15) is 8.42 Å². The standard InChI is InChI=1S/C24H27NO5S/c1-18(2)16-24(19-7-9-20(28-3)10-8-19)25(17-22-6-5-15-30-22)31(26,27)23-13-11-21(29-4)12-14-23/h5-15,24H,1,16-17H2,2-4H3/t24-/m1/s1. The first-order valence-electron chi connectivity index (χ1n) is 9.81. The molecule has 0 saturated heterocycles. The lowest BCUT2D eigenvalue weighted by atomic mass is 10.00. The van der Waals surface area contributed by atoms with Gasteiger partial charge in [-0.15, -0.1) is 6.58 Å². The highest BCUT2D eigenvalue weighted by molar-refractivity contribution is 7.89. The Morgan fingerprint density at radius 1 is 1.00 bits per heavy atom. The second kappa shape index (κ2) is 9.85. The van der Waals surface area contributed by atoms with Crippen LogP contribution in [-0.4, -0.2) is 26.9 Å². The van der Waals surface area contributed by atoms with Crippen molar-refractivity contribution < 1.29 is 22.3 Å². The van der Waals surface area contributed by atoms with Crippen LogP contribution < -0.4 is 9.47 Å². The van der Waals surface area contributed by atoms with Crippen molar-refractivity contribution in [3.63, 3.8) is 0 Å². The van der Waals surface area contributed by atoms with Gasteiger partial charge in [-0.25, -0.2) is 8.42 Å². The number of rotatable bonds is 10. The summed E-state index contributed by atoms with van der Waals surface area (Å²) in [5.41, 5.74) is 1.71. The van der Waals surface area contributed by atoms with Crippen molar-refractivity contribution in [2.45, 2.75) is 30.8 Å². The highest BCUT2D eigenvalue weighted by Gasteiger charge is 2.33. The van der Waals surface area contributed by atoms with Gasteiger partial charge in [-0.3, -0.25) is 0 Å². The first-order chi connectivity index (χ1) is 14.8. The molecule has 31 heavy (non-hydrogen) atoms. The van der Waals surface area contributed by atoms with E-state index in [1.165, 1.54) is 10.6 Å². The van der Waals surface area contributed by atoms with E-state index in [4.69, 9.17) is 13.9 Å². The lowest BCUT2D eigenvalue weighted by Gasteiger charge is -2.31. The van der Waals surface area contributed by atoms with Crippen LogP contribution in [0.15, 0.2) is 88.4 Å². The summed E-state index contributed by atoms with van der Waals surface area (Å²) in [6, 6.07) is 16.8. The van der Waals surface area contributed by atoms with E-state index < -0.39 is 16.1 Å². The predicted octanol–water partition coefficient (Wildman–Crippen LogP) is 5.20. The maximum absolute atomic E-state index is 13.8. The van der Waals surface area contributed by atoms with Crippen molar-refractivity contribution in [2.75, 3.05) is 14.2 Å². The van der Waals surface area contributed by atoms with E-state index in [0.717, 1.165) is 11.1 Å². The van der Waals surface area contributed by atoms with Gasteiger partial charge >= 0.3 is 0 Å². The Hall–Kier alpha value is -3.03. The normalized spacial score (nSPS) is 12.5. The van der Waals surface area contributed by atoms with Crippen LogP contribution in [0.1, 0.15) is 30.7 Å². The van der Waals surface area contributed by atoms with Crippen molar-refractivity contribution in [2.24, 2.45) is 0 Å². The Morgan fingerprint density at radius 2 is 1.58 bits per heavy atom. The van der Waals surface area contributed by atoms with E-state index in [-0.39, 0.29) is 11.4 Å². The van der Waals surface area contributed by atoms with Gasteiger partial charge in [0.05, 0.1) is 38.0 Å². The minimum atomic E-state index is -3.87. The van der Waals surface area contributed by atoms with Crippen LogP contribution in [-0.2, 0) is 16.6 Å². The van der Waals surface area contributed by atoms with Crippen LogP contribution in [0.25, 0.3) is 0 Å². The number of hydrogen-bond acceptors (Lipinski definition) is 5. The van der Waals surface area contributed by atoms with Gasteiger partial charge in [-0.05, 0) is 67.4 Å². The Balaban J connectivity index is 2.09. The highest BCUT2D eigenvalue weighted by atomic mass is 32.2. The van der Waals surface area contributed by atoms with Crippen LogP contribution in [0.2, 0.25) is 0 Å². The van der Waals surface area contributed by atoms with Crippen LogP contribution in [0.3, 0.4) is 0 Å². The first-order valence-corrected chi connectivity index (χ1v) is 11.3. The summed E-state index contributed by atoms with van der Waals surface area (Å²) in [4.78, 5) is 0.181. The quantitative estimate of drug-likeness (QED) is 0.405. The maximum Gasteiger partial charge on any atom is 0.244 e. The fraction of sp³-hybridized carbons (Fsp3) is 0.250. The second-order valence-electron chi connectivity index (χ2n) is 7.26. The summed E-state index contributed by atoms with van der Waals surface area (Å²) in [7, 11) is -0.729. The molecular weight excluding hydrogens is 414 g/mol. The van der Waals surface area contributed by atoms with E-state index >= 15 is 0 Å². The molecule has 0 amide bonds. The number of ether oxygens (including phenoxy) is 2. The summed E-state index contributed by atoms with van der Waals surface area (Å²) in [5.74, 6) is 1.84. The molecule has 0 bridgehead atoms. The van der Waals surface area contributed by atoms with Gasteiger partial charge in [-0.2, -0.15) is 4.31 Å². The molecule has 1 atom stereocenters. The molecule has 0 radical (unpaired) electrons. The van der Waals surface area contributed by atoms with Gasteiger partial charge < -0.3 is 13.9 Å². The maximum atomic E-state index is 13.8. The Morgan fingerprint density at radius 3 is 2.06 bits per heavy atom. The molecule has 1 heterocycles. The Bertz CT molecular complexity index is 1090. The molecule has 0 aliphatic rings. The van der Waals surface area contributed by atoms with Crippen LogP contribution >= 0.6 is 0 Å². The third kappa shape index (κ3) is 5.37. The van der Waals surface area contributed by atoms with Crippen LogP contribution in [0, 0.1) is 0 Å². The summed E-state index contributed by atoms with van der Waals surface area (Å²) >= 11 is 0. The summed E-state index contributed by atoms with van der Waals surface area (Å²) < 4.78 is 44.9. The molecule has 6 nitrogen and oxygen atoms in total. The van der Waals surface area contributed by atoms with Crippen molar-refractivity contribution in [3.8, 4) is 11.5 Å². The number of methoxy groups -OCH3 is 2. The molecule has 164 valence electrons. The minimum Gasteiger partial charge on any atom is -0.497 e. The molecule has 0 N–H and O–H groups in total. The molecule has 0 aliphatic heterocycles. The fourth-order valence-electron chi connectivity index (χ4n) is 3.34. The smallest absolute Gasteiger partial charge is 0.244 e. The average Bonchev–Trinajstić information content (AvgIpc) is 3.29. The molecule has 2 aromatic carbocycles. The monoisotopic (exact) mass is 441 g/mol. The van der Waals surface area contributed by atoms with Gasteiger partial charge in [0, 0.05) is 0 Å². The number of nitrogens with zero attached hydrogens (tertiary/aromatic N) is 1. The van der Waals surface area contributed by atoms with Crippen LogP contribution in [0.4, 0.5) is 0 Å². The van der Waals surface area contributed by atoms with Gasteiger partial charge in [-0.1, -0.05) is 17.7 Å². The van der Waals surface area contributed by atoms with Crippen molar-refractivity contribution in [3.05, 3.63) is 90.4 Å². The predicted molar refractivity (Wildman–Crippen MR) is 120 cm³/mol. The highest BCUT2D eigenvalue weighted by Crippen LogP contribution is 2.35. The molecule has 0 aliphatic carbocycles. The lowest BCUT2D eigenvalue weighted by molar-refractivity contribution is 0.290. The molecule has 3 rings (SSSR count). The lowest BCUT2D eigenvalue weighted by Crippen LogP contribution is -2.34. The zero-order valence-electron chi connectivity index (χ0n) is 17.9. The van der Waals surface area contributed by atoms with Gasteiger partial charge in [0.15, 0.2) is 0 Å². The molecule has 7 heteroatoms. The van der Waals surface area contributed by atoms with Gasteiger partial charge in [0.1, 0.15) is 17.3 Å². The third-order valence-electron chi connectivity index (χ3n) is 4.95. The third-order valence-corrected chi connectivity index (χ3v) is 6.82. The summed E-state index contributed by atoms with van der Waals surface area (Å²) in [5, 5.41) is 0. The number of hydrogen-bond donors (Lipinski definition) is 0. The number of furan rings is 1. The zero-order chi connectivity index (χ0) is 22.4. The Labute approximate surface area is 183 Å². The SMILES string of the molecule is C=C(C)C[C@H](c1ccc(OC)cc1)N(Cc1ccco1)S(=O)(=O)c1ccc(OC)cc1. The first kappa shape index (κ1) is 22.7. The molecule has 0 unspecified atom stereocenters. The largest absolute Gasteiger partial charge is 0.497 e. The topological polar surface area (TPSA) is 69.0 Å². The van der Waals surface area contributed by atoms with E-state index in [2.05, 4.69) is 6.58 Å². The minimum absolute atomic E-state index is 0.0886. The van der Waals surface area contributed by atoms with Crippen molar-refractivity contribution >= 4 is 10.0 Å². The second-order valence-corrected chi connectivity index (χ2v) is 9.15. The molecular formula is C24H27NO5S. The van der Waals surface area contributed by atoms with E-state index in [1.807, 2.05) is 31.2 Å². The molecule has 0 saturated carbocycles. The van der Waals surface area contributed by atoms with Gasteiger partial charge in [0.25, 0.3) is 0 Å². The number of sulfonamides is 1. The summed E-state index contributed by atoms with van der Waals surface area (Å²) in [6.07, 6.45) is 2.00. The van der Waals surface area contributed by atoms with Crippen molar-refractivity contribution in [1.82, 2.24) is 4.31 Å². The van der Waals surface area contributed by atoms with E-state index in [0.29, 0.717) is 23.7 Å². The summed E-state index contributed by atoms with van der Waals surface area (Å²) in [6.45, 7) is 6.00. The fourth-order valence-corrected chi connectivity index (χ4v) is 4.92. The van der Waals surface area contributed by atoms with E-state index in [1.54, 1.807) is 50.6 Å². The number of benzene rings is 2. The molecule has 1 aromatic heterocycles.